The molecule has 0 aliphatic carbocycles. The van der Waals surface area contributed by atoms with Gasteiger partial charge in [-0.3, -0.25) is 18.9 Å². The summed E-state index contributed by atoms with van der Waals surface area (Å²) in [6, 6.07) is 23.4. The Kier molecular flexibility index (Phi) is 6.29. The molecule has 0 aliphatic rings. The zero-order chi connectivity index (χ0) is 25.2. The van der Waals surface area contributed by atoms with Crippen molar-refractivity contribution >= 4 is 10.9 Å². The van der Waals surface area contributed by atoms with Crippen molar-refractivity contribution in [3.63, 3.8) is 0 Å². The summed E-state index contributed by atoms with van der Waals surface area (Å²) in [6.45, 7) is 5.06. The summed E-state index contributed by atoms with van der Waals surface area (Å²) in [5.41, 5.74) is 2.84. The molecular weight excluding hydrogens is 452 g/mol. The number of aromatic nitrogens is 4. The van der Waals surface area contributed by atoms with E-state index in [-0.39, 0.29) is 17.2 Å². The Bertz CT molecular complexity index is 1610. The Labute approximate surface area is 208 Å². The number of para-hydroxylation sites is 1. The van der Waals surface area contributed by atoms with Crippen LogP contribution in [0.25, 0.3) is 22.2 Å². The highest BCUT2D eigenvalue weighted by Crippen LogP contribution is 2.31. The van der Waals surface area contributed by atoms with Crippen molar-refractivity contribution in [1.82, 2.24) is 18.7 Å². The minimum atomic E-state index is -0.370. The maximum atomic E-state index is 13.3. The highest BCUT2D eigenvalue weighted by molar-refractivity contribution is 5.85. The summed E-state index contributed by atoms with van der Waals surface area (Å²) >= 11 is 0. The molecule has 0 bridgehead atoms. The Balaban J connectivity index is 1.64. The van der Waals surface area contributed by atoms with Crippen LogP contribution < -0.4 is 16.0 Å². The number of fused-ring (bicyclic) bond motifs is 1. The number of hydrogen-bond donors (Lipinski definition) is 0. The molecular formula is C29H28N4O3. The van der Waals surface area contributed by atoms with Crippen molar-refractivity contribution < 1.29 is 4.74 Å². The van der Waals surface area contributed by atoms with E-state index in [2.05, 4.69) is 4.98 Å². The molecule has 0 saturated carbocycles. The molecule has 2 aromatic carbocycles. The predicted octanol–water partition coefficient (Wildman–Crippen LogP) is 5.06. The first-order valence-electron chi connectivity index (χ1n) is 12.0. The first-order chi connectivity index (χ1) is 17.4. The van der Waals surface area contributed by atoms with E-state index in [1.165, 1.54) is 7.05 Å². The van der Waals surface area contributed by atoms with E-state index < -0.39 is 0 Å². The van der Waals surface area contributed by atoms with E-state index in [0.29, 0.717) is 35.6 Å². The molecule has 3 aromatic heterocycles. The van der Waals surface area contributed by atoms with Crippen molar-refractivity contribution in [2.24, 2.45) is 13.0 Å². The Morgan fingerprint density at radius 2 is 1.64 bits per heavy atom. The summed E-state index contributed by atoms with van der Waals surface area (Å²) in [5.74, 6) is 1.26. The summed E-state index contributed by atoms with van der Waals surface area (Å²) < 4.78 is 11.0. The highest BCUT2D eigenvalue weighted by Gasteiger charge is 2.22. The van der Waals surface area contributed by atoms with E-state index in [0.717, 1.165) is 21.4 Å². The van der Waals surface area contributed by atoms with Gasteiger partial charge in [-0.15, -0.1) is 0 Å². The normalized spacial score (nSPS) is 11.3. The van der Waals surface area contributed by atoms with Gasteiger partial charge in [-0.1, -0.05) is 62.4 Å². The van der Waals surface area contributed by atoms with Crippen molar-refractivity contribution in [3.8, 4) is 22.9 Å². The van der Waals surface area contributed by atoms with Crippen LogP contribution in [0.15, 0.2) is 94.8 Å². The molecule has 0 aliphatic heterocycles. The zero-order valence-corrected chi connectivity index (χ0v) is 20.6. The lowest BCUT2D eigenvalue weighted by molar-refractivity contribution is 0.440. The van der Waals surface area contributed by atoms with Gasteiger partial charge in [0.1, 0.15) is 11.1 Å². The number of benzene rings is 2. The molecule has 7 heteroatoms. The van der Waals surface area contributed by atoms with Crippen LogP contribution in [0, 0.1) is 5.92 Å². The lowest BCUT2D eigenvalue weighted by Gasteiger charge is -2.12. The highest BCUT2D eigenvalue weighted by atomic mass is 16.5. The van der Waals surface area contributed by atoms with Crippen LogP contribution in [-0.4, -0.2) is 18.7 Å². The fourth-order valence-electron chi connectivity index (χ4n) is 4.35. The van der Waals surface area contributed by atoms with Crippen molar-refractivity contribution in [2.75, 3.05) is 0 Å². The molecule has 7 nitrogen and oxygen atoms in total. The monoisotopic (exact) mass is 480 g/mol. The number of pyridine rings is 1. The van der Waals surface area contributed by atoms with Gasteiger partial charge in [0, 0.05) is 31.5 Å². The molecule has 0 radical (unpaired) electrons. The second-order valence-corrected chi connectivity index (χ2v) is 9.30. The van der Waals surface area contributed by atoms with Crippen LogP contribution in [0.5, 0.6) is 11.6 Å². The van der Waals surface area contributed by atoms with E-state index in [4.69, 9.17) is 4.74 Å². The molecule has 0 fully saturated rings. The number of ether oxygens (including phenoxy) is 1. The average Bonchev–Trinajstić information content (AvgIpc) is 3.24. The number of rotatable bonds is 7. The maximum absolute atomic E-state index is 13.3. The molecule has 5 rings (SSSR count). The first-order valence-corrected chi connectivity index (χ1v) is 12.0. The molecule has 182 valence electrons. The Morgan fingerprint density at radius 3 is 2.31 bits per heavy atom. The fraction of sp³-hybridized carbons (Fsp3) is 0.207. The van der Waals surface area contributed by atoms with E-state index in [9.17, 15) is 9.59 Å². The van der Waals surface area contributed by atoms with Crippen molar-refractivity contribution in [2.45, 2.75) is 26.9 Å². The van der Waals surface area contributed by atoms with Crippen LogP contribution >= 0.6 is 0 Å². The van der Waals surface area contributed by atoms with Crippen molar-refractivity contribution in [3.05, 3.63) is 112 Å². The minimum absolute atomic E-state index is 0.226. The van der Waals surface area contributed by atoms with Crippen LogP contribution in [0.4, 0.5) is 0 Å². The van der Waals surface area contributed by atoms with Crippen LogP contribution in [-0.2, 0) is 20.1 Å². The third kappa shape index (κ3) is 4.47. The molecule has 36 heavy (non-hydrogen) atoms. The largest absolute Gasteiger partial charge is 0.440 e. The predicted molar refractivity (Wildman–Crippen MR) is 142 cm³/mol. The van der Waals surface area contributed by atoms with Gasteiger partial charge in [-0.2, -0.15) is 0 Å². The summed E-state index contributed by atoms with van der Waals surface area (Å²) in [6.07, 6.45) is 3.63. The van der Waals surface area contributed by atoms with E-state index in [1.807, 2.05) is 97.4 Å². The van der Waals surface area contributed by atoms with Crippen molar-refractivity contribution in [1.29, 1.82) is 0 Å². The fourth-order valence-corrected chi connectivity index (χ4v) is 4.35. The van der Waals surface area contributed by atoms with Gasteiger partial charge in [-0.25, -0.2) is 4.79 Å². The molecule has 0 spiro atoms. The van der Waals surface area contributed by atoms with Gasteiger partial charge in [0.05, 0.1) is 17.8 Å². The standard InChI is InChI=1S/C29H28N4O3/c1-20(2)17-33-25-19-32(18-21-12-14-22(15-13-21)24-11-7-8-16-30-24)28(36-23-9-5-4-6-10-23)26(25)27(34)31(3)29(33)35/h4-16,19-20H,17-18H2,1-3H3. The molecule has 0 unspecified atom stereocenters. The van der Waals surface area contributed by atoms with Crippen LogP contribution in [0.1, 0.15) is 19.4 Å². The molecule has 0 amide bonds. The third-order valence-electron chi connectivity index (χ3n) is 6.11. The summed E-state index contributed by atoms with van der Waals surface area (Å²) in [7, 11) is 1.51. The van der Waals surface area contributed by atoms with Crippen LogP contribution in [0.3, 0.4) is 0 Å². The smallest absolute Gasteiger partial charge is 0.331 e. The van der Waals surface area contributed by atoms with Gasteiger partial charge in [0.15, 0.2) is 0 Å². The van der Waals surface area contributed by atoms with Gasteiger partial charge in [0.25, 0.3) is 5.56 Å². The molecule has 0 N–H and O–H groups in total. The lowest BCUT2D eigenvalue weighted by Crippen LogP contribution is -2.38. The SMILES string of the molecule is CC(C)Cn1c(=O)n(C)c(=O)c2c(Oc3ccccc3)n(Cc3ccc(-c4ccccn4)cc3)cc21. The second kappa shape index (κ2) is 9.70. The second-order valence-electron chi connectivity index (χ2n) is 9.30. The van der Waals surface area contributed by atoms with Crippen LogP contribution in [0.2, 0.25) is 0 Å². The molecule has 0 atom stereocenters. The van der Waals surface area contributed by atoms with Gasteiger partial charge in [0.2, 0.25) is 5.88 Å². The minimum Gasteiger partial charge on any atom is -0.440 e. The summed E-state index contributed by atoms with van der Waals surface area (Å²) in [4.78, 5) is 30.8. The number of nitrogens with zero attached hydrogens (tertiary/aromatic N) is 4. The quantitative estimate of drug-likeness (QED) is 0.326. The van der Waals surface area contributed by atoms with E-state index >= 15 is 0 Å². The zero-order valence-electron chi connectivity index (χ0n) is 20.6. The first kappa shape index (κ1) is 23.4. The topological polar surface area (TPSA) is 71.1 Å². The lowest BCUT2D eigenvalue weighted by atomic mass is 10.1. The van der Waals surface area contributed by atoms with E-state index in [1.54, 1.807) is 10.8 Å². The average molecular weight is 481 g/mol. The maximum Gasteiger partial charge on any atom is 0.331 e. The third-order valence-corrected chi connectivity index (χ3v) is 6.11. The molecule has 3 heterocycles. The van der Waals surface area contributed by atoms with Gasteiger partial charge >= 0.3 is 5.69 Å². The molecule has 0 saturated heterocycles. The Hall–Kier alpha value is -4.39. The number of hydrogen-bond acceptors (Lipinski definition) is 4. The Morgan fingerprint density at radius 1 is 0.917 bits per heavy atom. The van der Waals surface area contributed by atoms with Gasteiger partial charge < -0.3 is 9.30 Å². The molecule has 5 aromatic rings. The van der Waals surface area contributed by atoms with Gasteiger partial charge in [-0.05, 0) is 35.7 Å². The summed E-state index contributed by atoms with van der Waals surface area (Å²) in [5, 5.41) is 0.395.